The number of amides is 1. The number of hydrogen-bond donors (Lipinski definition) is 1. The summed E-state index contributed by atoms with van der Waals surface area (Å²) < 4.78 is 5.17. The molecule has 0 saturated carbocycles. The van der Waals surface area contributed by atoms with Crippen molar-refractivity contribution < 1.29 is 9.32 Å². The van der Waals surface area contributed by atoms with E-state index in [1.807, 2.05) is 12.1 Å². The lowest BCUT2D eigenvalue weighted by atomic mass is 10.2. The number of carbonyl (C=O) groups excluding carboxylic acids is 1. The summed E-state index contributed by atoms with van der Waals surface area (Å²) in [5.74, 6) is 1.13. The van der Waals surface area contributed by atoms with Crippen LogP contribution in [0.25, 0.3) is 0 Å². The Morgan fingerprint density at radius 3 is 3.17 bits per heavy atom. The molecule has 6 nitrogen and oxygen atoms in total. The van der Waals surface area contributed by atoms with E-state index < -0.39 is 0 Å². The minimum Gasteiger partial charge on any atom is -0.344 e. The summed E-state index contributed by atoms with van der Waals surface area (Å²) in [5.41, 5.74) is 1.03. The van der Waals surface area contributed by atoms with Gasteiger partial charge in [0, 0.05) is 25.2 Å². The number of nitrogens with one attached hydrogen (secondary N) is 1. The van der Waals surface area contributed by atoms with Gasteiger partial charge in [-0.2, -0.15) is 4.98 Å². The van der Waals surface area contributed by atoms with Gasteiger partial charge in [-0.1, -0.05) is 11.2 Å². The van der Waals surface area contributed by atoms with Gasteiger partial charge in [0.15, 0.2) is 5.82 Å². The molecule has 0 aliphatic carbocycles. The second kappa shape index (κ2) is 4.56. The van der Waals surface area contributed by atoms with Crippen LogP contribution in [-0.2, 0) is 11.2 Å². The van der Waals surface area contributed by atoms with Crippen LogP contribution < -0.4 is 5.32 Å². The van der Waals surface area contributed by atoms with Crippen molar-refractivity contribution in [3.05, 3.63) is 41.8 Å². The molecule has 0 radical (unpaired) electrons. The van der Waals surface area contributed by atoms with Crippen molar-refractivity contribution in [3.8, 4) is 0 Å². The molecule has 92 valence electrons. The Balaban J connectivity index is 1.72. The molecule has 1 amide bonds. The molecule has 0 spiro atoms. The highest BCUT2D eigenvalue weighted by Gasteiger charge is 2.27. The van der Waals surface area contributed by atoms with Gasteiger partial charge in [-0.3, -0.25) is 9.78 Å². The van der Waals surface area contributed by atoms with Gasteiger partial charge in [0.25, 0.3) is 0 Å². The third-order valence-corrected chi connectivity index (χ3v) is 2.86. The summed E-state index contributed by atoms with van der Waals surface area (Å²) in [6.07, 6.45) is 5.31. The summed E-state index contributed by atoms with van der Waals surface area (Å²) in [6, 6.07) is 3.70. The first-order chi connectivity index (χ1) is 8.81. The second-order valence-corrected chi connectivity index (χ2v) is 4.25. The van der Waals surface area contributed by atoms with Gasteiger partial charge in [-0.05, 0) is 18.1 Å². The molecule has 2 aromatic heterocycles. The Morgan fingerprint density at radius 1 is 1.50 bits per heavy atom. The van der Waals surface area contributed by atoms with Crippen LogP contribution in [-0.4, -0.2) is 21.0 Å². The number of carbonyl (C=O) groups is 1. The highest BCUT2D eigenvalue weighted by atomic mass is 16.5. The summed E-state index contributed by atoms with van der Waals surface area (Å²) in [7, 11) is 0. The zero-order valence-corrected chi connectivity index (χ0v) is 9.67. The lowest BCUT2D eigenvalue weighted by Gasteiger charge is -2.01. The number of aromatic nitrogens is 3. The van der Waals surface area contributed by atoms with Gasteiger partial charge in [0.2, 0.25) is 11.8 Å². The van der Waals surface area contributed by atoms with Crippen molar-refractivity contribution in [2.75, 3.05) is 0 Å². The van der Waals surface area contributed by atoms with Gasteiger partial charge in [-0.15, -0.1) is 0 Å². The van der Waals surface area contributed by atoms with Gasteiger partial charge in [0.1, 0.15) is 6.04 Å². The Morgan fingerprint density at radius 2 is 2.44 bits per heavy atom. The molecule has 18 heavy (non-hydrogen) atoms. The first-order valence-electron chi connectivity index (χ1n) is 5.82. The van der Waals surface area contributed by atoms with Crippen LogP contribution in [0.2, 0.25) is 0 Å². The minimum atomic E-state index is -0.132. The van der Waals surface area contributed by atoms with Crippen molar-refractivity contribution in [2.24, 2.45) is 0 Å². The molecule has 0 aromatic carbocycles. The molecule has 1 fully saturated rings. The normalized spacial score (nSPS) is 18.9. The molecule has 1 aliphatic heterocycles. The molecule has 0 bridgehead atoms. The lowest BCUT2D eigenvalue weighted by molar-refractivity contribution is -0.119. The average molecular weight is 244 g/mol. The molecule has 3 heterocycles. The van der Waals surface area contributed by atoms with Crippen molar-refractivity contribution in [3.63, 3.8) is 0 Å². The van der Waals surface area contributed by atoms with Crippen LogP contribution in [0.3, 0.4) is 0 Å². The molecule has 2 aromatic rings. The zero-order chi connectivity index (χ0) is 12.4. The van der Waals surface area contributed by atoms with E-state index in [0.717, 1.165) is 5.56 Å². The van der Waals surface area contributed by atoms with E-state index in [1.54, 1.807) is 12.4 Å². The van der Waals surface area contributed by atoms with Crippen LogP contribution in [0, 0.1) is 0 Å². The molecule has 1 saturated heterocycles. The van der Waals surface area contributed by atoms with E-state index >= 15 is 0 Å². The third kappa shape index (κ3) is 2.22. The first kappa shape index (κ1) is 10.9. The van der Waals surface area contributed by atoms with Crippen LogP contribution >= 0.6 is 0 Å². The predicted octanol–water partition coefficient (Wildman–Crippen LogP) is 1.01. The largest absolute Gasteiger partial charge is 0.344 e. The van der Waals surface area contributed by atoms with Crippen molar-refractivity contribution >= 4 is 5.91 Å². The molecular weight excluding hydrogens is 232 g/mol. The van der Waals surface area contributed by atoms with E-state index in [-0.39, 0.29) is 11.9 Å². The average Bonchev–Trinajstić information content (AvgIpc) is 2.99. The fourth-order valence-electron chi connectivity index (χ4n) is 1.97. The SMILES string of the molecule is O=C1CC[C@H](c2nc(Cc3cccnc3)no2)N1. The number of pyridine rings is 1. The van der Waals surface area contributed by atoms with E-state index in [2.05, 4.69) is 20.4 Å². The van der Waals surface area contributed by atoms with Gasteiger partial charge in [0.05, 0.1) is 0 Å². The molecule has 1 N–H and O–H groups in total. The van der Waals surface area contributed by atoms with Crippen molar-refractivity contribution in [1.82, 2.24) is 20.4 Å². The summed E-state index contributed by atoms with van der Waals surface area (Å²) in [6.45, 7) is 0. The van der Waals surface area contributed by atoms with Gasteiger partial charge in [-0.25, -0.2) is 0 Å². The van der Waals surface area contributed by atoms with E-state index in [9.17, 15) is 4.79 Å². The van der Waals surface area contributed by atoms with Crippen LogP contribution in [0.4, 0.5) is 0 Å². The summed E-state index contributed by atoms with van der Waals surface area (Å²) >= 11 is 0. The monoisotopic (exact) mass is 244 g/mol. The summed E-state index contributed by atoms with van der Waals surface area (Å²) in [5, 5.41) is 6.72. The Kier molecular flexibility index (Phi) is 2.76. The topological polar surface area (TPSA) is 80.9 Å². The minimum absolute atomic E-state index is 0.0343. The molecule has 0 unspecified atom stereocenters. The highest BCUT2D eigenvalue weighted by molar-refractivity contribution is 5.78. The Labute approximate surface area is 103 Å². The van der Waals surface area contributed by atoms with E-state index in [0.29, 0.717) is 31.0 Å². The fourth-order valence-corrected chi connectivity index (χ4v) is 1.97. The van der Waals surface area contributed by atoms with Crippen molar-refractivity contribution in [2.45, 2.75) is 25.3 Å². The standard InChI is InChI=1S/C12H12N4O2/c17-11-4-3-9(14-11)12-15-10(16-18-12)6-8-2-1-5-13-7-8/h1-2,5,7,9H,3-4,6H2,(H,14,17)/t9-/m1/s1. The second-order valence-electron chi connectivity index (χ2n) is 4.25. The zero-order valence-electron chi connectivity index (χ0n) is 9.67. The van der Waals surface area contributed by atoms with Gasteiger partial charge >= 0.3 is 0 Å². The number of rotatable bonds is 3. The predicted molar refractivity (Wildman–Crippen MR) is 61.5 cm³/mol. The Hall–Kier alpha value is -2.24. The Bertz CT molecular complexity index is 552. The van der Waals surface area contributed by atoms with E-state index in [4.69, 9.17) is 4.52 Å². The highest BCUT2D eigenvalue weighted by Crippen LogP contribution is 2.22. The third-order valence-electron chi connectivity index (χ3n) is 2.86. The smallest absolute Gasteiger partial charge is 0.249 e. The fraction of sp³-hybridized carbons (Fsp3) is 0.333. The maximum absolute atomic E-state index is 11.1. The number of hydrogen-bond acceptors (Lipinski definition) is 5. The van der Waals surface area contributed by atoms with E-state index in [1.165, 1.54) is 0 Å². The molecular formula is C12H12N4O2. The molecule has 3 rings (SSSR count). The quantitative estimate of drug-likeness (QED) is 0.871. The van der Waals surface area contributed by atoms with Gasteiger partial charge < -0.3 is 9.84 Å². The molecule has 1 atom stereocenters. The van der Waals surface area contributed by atoms with Crippen LogP contribution in [0.5, 0.6) is 0 Å². The molecule has 1 aliphatic rings. The van der Waals surface area contributed by atoms with Crippen LogP contribution in [0.1, 0.15) is 36.2 Å². The lowest BCUT2D eigenvalue weighted by Crippen LogP contribution is -2.18. The van der Waals surface area contributed by atoms with Crippen molar-refractivity contribution in [1.29, 1.82) is 0 Å². The number of nitrogens with zero attached hydrogens (tertiary/aromatic N) is 3. The first-order valence-corrected chi connectivity index (χ1v) is 5.82. The summed E-state index contributed by atoms with van der Waals surface area (Å²) in [4.78, 5) is 19.4. The molecule has 6 heteroatoms. The maximum atomic E-state index is 11.1. The van der Waals surface area contributed by atoms with Crippen LogP contribution in [0.15, 0.2) is 29.0 Å². The maximum Gasteiger partial charge on any atom is 0.249 e.